The number of rotatable bonds is 5. The van der Waals surface area contributed by atoms with Gasteiger partial charge in [-0.15, -0.1) is 0 Å². The third-order valence-electron chi connectivity index (χ3n) is 10.9. The summed E-state index contributed by atoms with van der Waals surface area (Å²) >= 11 is 0. The van der Waals surface area contributed by atoms with Crippen LogP contribution in [0.5, 0.6) is 0 Å². The van der Waals surface area contributed by atoms with E-state index in [1.807, 2.05) is 6.07 Å². The van der Waals surface area contributed by atoms with Gasteiger partial charge in [-0.1, -0.05) is 145 Å². The molecule has 0 fully saturated rings. The lowest BCUT2D eigenvalue weighted by Crippen LogP contribution is -2.08. The van der Waals surface area contributed by atoms with Gasteiger partial charge in [-0.2, -0.15) is 5.26 Å². The van der Waals surface area contributed by atoms with Crippen LogP contribution in [-0.4, -0.2) is 11.1 Å². The second-order valence-corrected chi connectivity index (χ2v) is 14.1. The number of nitrogens with zero attached hydrogens (tertiary/aromatic N) is 2. The van der Waals surface area contributed by atoms with Crippen LogP contribution in [0.4, 0.5) is 5.82 Å². The molecule has 0 spiro atoms. The number of para-hydroxylation sites is 1. The number of aromatic nitrogens is 1. The molecule has 1 aliphatic rings. The monoisotopic (exact) mass is 689 g/mol. The Hall–Kier alpha value is -7.15. The van der Waals surface area contributed by atoms with Crippen LogP contribution in [0, 0.1) is 18.3 Å². The van der Waals surface area contributed by atoms with E-state index in [-0.39, 0.29) is 0 Å². The Bertz CT molecular complexity index is 2980. The molecule has 0 aliphatic carbocycles. The smallest absolute Gasteiger partial charge is 0.119 e. The van der Waals surface area contributed by atoms with Crippen molar-refractivity contribution in [2.75, 3.05) is 11.9 Å². The van der Waals surface area contributed by atoms with Crippen molar-refractivity contribution in [3.8, 4) is 56.3 Å². The Balaban J connectivity index is 1.15. The largest absolute Gasteiger partial charge is 0.367 e. The Morgan fingerprint density at radius 1 is 0.537 bits per heavy atom. The van der Waals surface area contributed by atoms with Crippen LogP contribution in [0.2, 0.25) is 0 Å². The maximum atomic E-state index is 10.7. The molecule has 10 rings (SSSR count). The molecule has 0 unspecified atom stereocenters. The topological polar surface area (TPSA) is 40.8 Å². The van der Waals surface area contributed by atoms with E-state index in [0.29, 0.717) is 5.56 Å². The van der Waals surface area contributed by atoms with Crippen molar-refractivity contribution in [1.29, 1.82) is 5.26 Å². The summed E-state index contributed by atoms with van der Waals surface area (Å²) in [4.78, 5) is 0. The van der Waals surface area contributed by atoms with Gasteiger partial charge >= 0.3 is 0 Å². The molecule has 3 heteroatoms. The van der Waals surface area contributed by atoms with Crippen LogP contribution < -0.4 is 5.32 Å². The molecule has 1 aromatic heterocycles. The minimum Gasteiger partial charge on any atom is -0.367 e. The van der Waals surface area contributed by atoms with Gasteiger partial charge in [0.2, 0.25) is 0 Å². The van der Waals surface area contributed by atoms with Gasteiger partial charge < -0.3 is 5.32 Å². The zero-order valence-corrected chi connectivity index (χ0v) is 29.8. The van der Waals surface area contributed by atoms with E-state index in [9.17, 15) is 5.26 Å². The molecule has 0 atom stereocenters. The molecule has 0 amide bonds. The van der Waals surface area contributed by atoms with Crippen molar-refractivity contribution in [3.05, 3.63) is 187 Å². The average Bonchev–Trinajstić information content (AvgIpc) is 3.57. The highest BCUT2D eigenvalue weighted by Gasteiger charge is 2.21. The fourth-order valence-corrected chi connectivity index (χ4v) is 8.42. The lowest BCUT2D eigenvalue weighted by atomic mass is 9.84. The fraction of sp³-hybridized carbons (Fsp3) is 0.0392. The maximum Gasteiger partial charge on any atom is 0.119 e. The first-order valence-electron chi connectivity index (χ1n) is 18.5. The molecule has 1 N–H and O–H groups in total. The molecule has 54 heavy (non-hydrogen) atoms. The van der Waals surface area contributed by atoms with Crippen molar-refractivity contribution in [1.82, 2.24) is 4.57 Å². The van der Waals surface area contributed by atoms with Crippen LogP contribution in [0.3, 0.4) is 0 Å². The van der Waals surface area contributed by atoms with Gasteiger partial charge in [-0.05, 0) is 109 Å². The van der Waals surface area contributed by atoms with Gasteiger partial charge in [0.25, 0.3) is 0 Å². The van der Waals surface area contributed by atoms with E-state index in [0.717, 1.165) is 45.8 Å². The lowest BCUT2D eigenvalue weighted by molar-refractivity contribution is 1.09. The molecule has 2 heterocycles. The molecule has 254 valence electrons. The van der Waals surface area contributed by atoms with Gasteiger partial charge in [0.1, 0.15) is 5.82 Å². The van der Waals surface area contributed by atoms with E-state index < -0.39 is 0 Å². The summed E-state index contributed by atoms with van der Waals surface area (Å²) in [5, 5.41) is 20.3. The third-order valence-corrected chi connectivity index (χ3v) is 10.9. The molecule has 9 aromatic rings. The fourth-order valence-electron chi connectivity index (χ4n) is 8.42. The van der Waals surface area contributed by atoms with Gasteiger partial charge in [0, 0.05) is 23.2 Å². The predicted octanol–water partition coefficient (Wildman–Crippen LogP) is 13.2. The lowest BCUT2D eigenvalue weighted by Gasteiger charge is -2.19. The second-order valence-electron chi connectivity index (χ2n) is 14.1. The van der Waals surface area contributed by atoms with Crippen molar-refractivity contribution in [2.24, 2.45) is 0 Å². The molecule has 0 saturated heterocycles. The summed E-state index contributed by atoms with van der Waals surface area (Å²) in [5.41, 5.74) is 14.2. The molecular weight excluding hydrogens is 655 g/mol. The number of hydrogen-bond donors (Lipinski definition) is 1. The first kappa shape index (κ1) is 31.6. The highest BCUT2D eigenvalue weighted by Crippen LogP contribution is 2.46. The van der Waals surface area contributed by atoms with Crippen LogP contribution >= 0.6 is 0 Å². The number of fused-ring (bicyclic) bond motifs is 5. The molecular formula is C51H35N3. The molecule has 0 radical (unpaired) electrons. The second kappa shape index (κ2) is 12.8. The number of nitriles is 1. The van der Waals surface area contributed by atoms with Crippen LogP contribution in [0.25, 0.3) is 88.7 Å². The maximum absolute atomic E-state index is 10.7. The van der Waals surface area contributed by atoms with E-state index in [1.165, 1.54) is 60.3 Å². The molecule has 0 bridgehead atoms. The van der Waals surface area contributed by atoms with E-state index in [4.69, 9.17) is 0 Å². The standard InChI is InChI=1S/C51H35N3/c1-33-19-23-42-46(28-33)50(35-14-7-3-8-15-35)47-31-38(21-25-43(47)49(42)34-12-5-2-6-13-34)41-24-20-36(29-39(41)32-52)37-22-26-48-45(30-37)44-18-11-27-53-51(44)54(48)40-16-9-4-10-17-40/h2-26,28-31,53H,27H2,1H3. The summed E-state index contributed by atoms with van der Waals surface area (Å²) in [6, 6.07) is 61.0. The zero-order valence-electron chi connectivity index (χ0n) is 29.8. The number of aryl methyl sites for hydroxylation is 1. The summed E-state index contributed by atoms with van der Waals surface area (Å²) in [6.07, 6.45) is 4.39. The van der Waals surface area contributed by atoms with Gasteiger partial charge in [0.15, 0.2) is 0 Å². The van der Waals surface area contributed by atoms with Crippen molar-refractivity contribution in [3.63, 3.8) is 0 Å². The Morgan fingerprint density at radius 2 is 1.13 bits per heavy atom. The van der Waals surface area contributed by atoms with E-state index in [1.54, 1.807) is 0 Å². The predicted molar refractivity (Wildman–Crippen MR) is 227 cm³/mol. The SMILES string of the molecule is Cc1ccc2c(-c3ccccc3)c3ccc(-c4ccc(-c5ccc6c(c5)c5c(n6-c6ccccc6)NCC=C5)cc4C#N)cc3c(-c3ccccc3)c2c1. The van der Waals surface area contributed by atoms with E-state index >= 15 is 0 Å². The molecule has 3 nitrogen and oxygen atoms in total. The Morgan fingerprint density at radius 3 is 1.85 bits per heavy atom. The number of hydrogen-bond acceptors (Lipinski definition) is 2. The van der Waals surface area contributed by atoms with Crippen molar-refractivity contribution < 1.29 is 0 Å². The normalized spacial score (nSPS) is 12.1. The van der Waals surface area contributed by atoms with Gasteiger partial charge in [-0.3, -0.25) is 4.57 Å². The minimum atomic E-state index is 0.651. The number of nitrogens with one attached hydrogen (secondary N) is 1. The summed E-state index contributed by atoms with van der Waals surface area (Å²) in [5.74, 6) is 1.11. The number of benzene rings is 8. The van der Waals surface area contributed by atoms with Crippen LogP contribution in [0.1, 0.15) is 16.7 Å². The number of anilines is 1. The zero-order chi connectivity index (χ0) is 36.2. The average molecular weight is 690 g/mol. The summed E-state index contributed by atoms with van der Waals surface area (Å²) in [6.45, 7) is 2.96. The highest BCUT2D eigenvalue weighted by molar-refractivity contribution is 6.22. The third kappa shape index (κ3) is 5.11. The summed E-state index contributed by atoms with van der Waals surface area (Å²) in [7, 11) is 0. The molecule has 8 aromatic carbocycles. The Kier molecular flexibility index (Phi) is 7.49. The van der Waals surface area contributed by atoms with Crippen molar-refractivity contribution >= 4 is 44.3 Å². The van der Waals surface area contributed by atoms with Crippen molar-refractivity contribution in [2.45, 2.75) is 6.92 Å². The quantitative estimate of drug-likeness (QED) is 0.183. The Labute approximate surface area is 314 Å². The molecule has 1 aliphatic heterocycles. The van der Waals surface area contributed by atoms with Gasteiger partial charge in [0.05, 0.1) is 17.1 Å². The van der Waals surface area contributed by atoms with Gasteiger partial charge in [-0.25, -0.2) is 0 Å². The summed E-state index contributed by atoms with van der Waals surface area (Å²) < 4.78 is 2.30. The molecule has 0 saturated carbocycles. The first-order chi connectivity index (χ1) is 26.7. The van der Waals surface area contributed by atoms with Crippen LogP contribution in [-0.2, 0) is 0 Å². The van der Waals surface area contributed by atoms with E-state index in [2.05, 4.69) is 193 Å². The minimum absolute atomic E-state index is 0.651. The van der Waals surface area contributed by atoms with Crippen LogP contribution in [0.15, 0.2) is 170 Å². The first-order valence-corrected chi connectivity index (χ1v) is 18.5. The highest BCUT2D eigenvalue weighted by atomic mass is 15.1.